The van der Waals surface area contributed by atoms with Crippen LogP contribution in [-0.2, 0) is 0 Å². The van der Waals surface area contributed by atoms with Gasteiger partial charge in [0.2, 0.25) is 0 Å². The maximum atomic E-state index is 5.43. The largest absolute Gasteiger partial charge is 0.481 e. The monoisotopic (exact) mass is 214 g/mol. The Kier molecular flexibility index (Phi) is 3.14. The average molecular weight is 214 g/mol. The van der Waals surface area contributed by atoms with Gasteiger partial charge >= 0.3 is 0 Å². The topological polar surface area (TPSA) is 52.8 Å². The maximum Gasteiger partial charge on any atom is 0.149 e. The first-order valence-corrected chi connectivity index (χ1v) is 4.76. The first-order valence-electron chi connectivity index (χ1n) is 4.76. The zero-order valence-electron chi connectivity index (χ0n) is 8.79. The van der Waals surface area contributed by atoms with Crippen molar-refractivity contribution in [2.24, 2.45) is 0 Å². The Labute approximate surface area is 93.0 Å². The molecule has 5 nitrogen and oxygen atoms in total. The highest BCUT2D eigenvalue weighted by atomic mass is 16.5. The molecule has 0 aliphatic rings. The molecule has 2 aromatic rings. The van der Waals surface area contributed by atoms with E-state index in [-0.39, 0.29) is 0 Å². The summed E-state index contributed by atoms with van der Waals surface area (Å²) >= 11 is 0. The van der Waals surface area contributed by atoms with Crippen LogP contribution in [-0.4, -0.2) is 26.8 Å². The van der Waals surface area contributed by atoms with Crippen LogP contribution in [0.2, 0.25) is 0 Å². The van der Waals surface area contributed by atoms with Crippen LogP contribution in [0.25, 0.3) is 5.69 Å². The van der Waals surface area contributed by atoms with Gasteiger partial charge in [-0.1, -0.05) is 12.0 Å². The van der Waals surface area contributed by atoms with E-state index in [1.807, 2.05) is 24.3 Å². The van der Waals surface area contributed by atoms with Crippen LogP contribution in [0.1, 0.15) is 6.92 Å². The first-order chi connectivity index (χ1) is 7.90. The van der Waals surface area contributed by atoms with E-state index in [1.165, 1.54) is 6.33 Å². The Morgan fingerprint density at radius 1 is 1.44 bits per heavy atom. The third-order valence-corrected chi connectivity index (χ3v) is 1.92. The zero-order chi connectivity index (χ0) is 11.2. The van der Waals surface area contributed by atoms with E-state index in [4.69, 9.17) is 4.74 Å². The molecule has 0 N–H and O–H groups in total. The molecule has 0 saturated heterocycles. The predicted molar refractivity (Wildman–Crippen MR) is 58.1 cm³/mol. The molecular formula is C11H10N4O. The Hall–Kier alpha value is -2.35. The lowest BCUT2D eigenvalue weighted by Crippen LogP contribution is -1.98. The van der Waals surface area contributed by atoms with E-state index < -0.39 is 0 Å². The van der Waals surface area contributed by atoms with Gasteiger partial charge in [0.15, 0.2) is 0 Å². The predicted octanol–water partition coefficient (Wildman–Crippen LogP) is 1.06. The van der Waals surface area contributed by atoms with E-state index >= 15 is 0 Å². The SMILES string of the molecule is CC#CCOc1cccc(-n2cnnn2)c1. The summed E-state index contributed by atoms with van der Waals surface area (Å²) in [6, 6.07) is 7.50. The highest BCUT2D eigenvalue weighted by Crippen LogP contribution is 2.15. The summed E-state index contributed by atoms with van der Waals surface area (Å²) in [4.78, 5) is 0. The molecule has 0 spiro atoms. The van der Waals surface area contributed by atoms with Gasteiger partial charge in [0, 0.05) is 6.07 Å². The fourth-order valence-corrected chi connectivity index (χ4v) is 1.19. The van der Waals surface area contributed by atoms with Gasteiger partial charge in [-0.3, -0.25) is 0 Å². The number of benzene rings is 1. The molecule has 0 fully saturated rings. The van der Waals surface area contributed by atoms with Crippen LogP contribution in [0.4, 0.5) is 0 Å². The van der Waals surface area contributed by atoms with Crippen molar-refractivity contribution < 1.29 is 4.74 Å². The smallest absolute Gasteiger partial charge is 0.149 e. The van der Waals surface area contributed by atoms with E-state index in [2.05, 4.69) is 27.4 Å². The summed E-state index contributed by atoms with van der Waals surface area (Å²) in [7, 11) is 0. The fraction of sp³-hybridized carbons (Fsp3) is 0.182. The van der Waals surface area contributed by atoms with Crippen molar-refractivity contribution in [3.8, 4) is 23.3 Å². The van der Waals surface area contributed by atoms with E-state index in [0.29, 0.717) is 6.61 Å². The van der Waals surface area contributed by atoms with Crippen molar-refractivity contribution in [2.75, 3.05) is 6.61 Å². The standard InChI is InChI=1S/C11H10N4O/c1-2-3-7-16-11-6-4-5-10(8-11)15-9-12-13-14-15/h4-6,8-9H,7H2,1H3. The normalized spacial score (nSPS) is 9.31. The molecule has 0 unspecified atom stereocenters. The molecule has 1 aromatic heterocycles. The molecule has 0 amide bonds. The Morgan fingerprint density at radius 3 is 3.12 bits per heavy atom. The van der Waals surface area contributed by atoms with E-state index in [1.54, 1.807) is 11.6 Å². The lowest BCUT2D eigenvalue weighted by molar-refractivity contribution is 0.370. The number of tetrazole rings is 1. The number of rotatable bonds is 3. The van der Waals surface area contributed by atoms with Crippen molar-refractivity contribution in [2.45, 2.75) is 6.92 Å². The highest BCUT2D eigenvalue weighted by molar-refractivity contribution is 5.38. The van der Waals surface area contributed by atoms with Crippen molar-refractivity contribution in [3.05, 3.63) is 30.6 Å². The Bertz CT molecular complexity index is 510. The molecule has 80 valence electrons. The second kappa shape index (κ2) is 4.94. The minimum absolute atomic E-state index is 0.384. The fourth-order valence-electron chi connectivity index (χ4n) is 1.19. The quantitative estimate of drug-likeness (QED) is 0.717. The van der Waals surface area contributed by atoms with E-state index in [0.717, 1.165) is 11.4 Å². The van der Waals surface area contributed by atoms with Crippen LogP contribution in [0.3, 0.4) is 0 Å². The van der Waals surface area contributed by atoms with E-state index in [9.17, 15) is 0 Å². The Morgan fingerprint density at radius 2 is 2.38 bits per heavy atom. The summed E-state index contributed by atoms with van der Waals surface area (Å²) in [5, 5.41) is 10.9. The lowest BCUT2D eigenvalue weighted by atomic mass is 10.3. The van der Waals surface area contributed by atoms with Crippen LogP contribution in [0.5, 0.6) is 5.75 Å². The third kappa shape index (κ3) is 2.36. The third-order valence-electron chi connectivity index (χ3n) is 1.92. The molecule has 0 atom stereocenters. The summed E-state index contributed by atoms with van der Waals surface area (Å²) in [6.45, 7) is 2.16. The second-order valence-electron chi connectivity index (χ2n) is 2.97. The van der Waals surface area contributed by atoms with Crippen LogP contribution >= 0.6 is 0 Å². The lowest BCUT2D eigenvalue weighted by Gasteiger charge is -2.04. The molecule has 0 aliphatic heterocycles. The van der Waals surface area contributed by atoms with Crippen molar-refractivity contribution in [1.29, 1.82) is 0 Å². The van der Waals surface area contributed by atoms with Gasteiger partial charge in [-0.25, -0.2) is 4.68 Å². The minimum Gasteiger partial charge on any atom is -0.481 e. The molecule has 16 heavy (non-hydrogen) atoms. The molecular weight excluding hydrogens is 204 g/mol. The average Bonchev–Trinajstić information content (AvgIpc) is 2.83. The molecule has 0 bridgehead atoms. The maximum absolute atomic E-state index is 5.43. The number of ether oxygens (including phenoxy) is 1. The summed E-state index contributed by atoms with van der Waals surface area (Å²) in [6.07, 6.45) is 1.53. The molecule has 1 heterocycles. The van der Waals surface area contributed by atoms with Crippen molar-refractivity contribution >= 4 is 0 Å². The van der Waals surface area contributed by atoms with Crippen LogP contribution in [0.15, 0.2) is 30.6 Å². The summed E-state index contributed by atoms with van der Waals surface area (Å²) in [5.74, 6) is 6.35. The summed E-state index contributed by atoms with van der Waals surface area (Å²) in [5.41, 5.74) is 0.854. The molecule has 5 heteroatoms. The zero-order valence-corrected chi connectivity index (χ0v) is 8.79. The number of hydrogen-bond acceptors (Lipinski definition) is 4. The van der Waals surface area contributed by atoms with Gasteiger partial charge in [-0.2, -0.15) is 0 Å². The molecule has 2 rings (SSSR count). The number of aromatic nitrogens is 4. The number of hydrogen-bond donors (Lipinski definition) is 0. The van der Waals surface area contributed by atoms with Crippen LogP contribution < -0.4 is 4.74 Å². The highest BCUT2D eigenvalue weighted by Gasteiger charge is 1.99. The van der Waals surface area contributed by atoms with Gasteiger partial charge in [0.1, 0.15) is 18.7 Å². The van der Waals surface area contributed by atoms with Gasteiger partial charge in [-0.15, -0.1) is 11.0 Å². The number of nitrogens with zero attached hydrogens (tertiary/aromatic N) is 4. The van der Waals surface area contributed by atoms with Crippen LogP contribution in [0, 0.1) is 11.8 Å². The molecule has 0 saturated carbocycles. The van der Waals surface area contributed by atoms with Crippen molar-refractivity contribution in [3.63, 3.8) is 0 Å². The van der Waals surface area contributed by atoms with Gasteiger partial charge < -0.3 is 4.74 Å². The Balaban J connectivity index is 2.16. The van der Waals surface area contributed by atoms with Crippen molar-refractivity contribution in [1.82, 2.24) is 20.2 Å². The second-order valence-corrected chi connectivity index (χ2v) is 2.97. The van der Waals surface area contributed by atoms with Gasteiger partial charge in [0.25, 0.3) is 0 Å². The molecule has 1 aromatic carbocycles. The molecule has 0 aliphatic carbocycles. The first kappa shape index (κ1) is 10.2. The molecule has 0 radical (unpaired) electrons. The van der Waals surface area contributed by atoms with Gasteiger partial charge in [0.05, 0.1) is 5.69 Å². The summed E-state index contributed by atoms with van der Waals surface area (Å²) < 4.78 is 7.00. The van der Waals surface area contributed by atoms with Gasteiger partial charge in [-0.05, 0) is 29.5 Å². The minimum atomic E-state index is 0.384.